The van der Waals surface area contributed by atoms with E-state index in [0.29, 0.717) is 24.5 Å². The van der Waals surface area contributed by atoms with Crippen molar-refractivity contribution in [2.75, 3.05) is 13.2 Å². The number of hydrogen-bond acceptors (Lipinski definition) is 3. The van der Waals surface area contributed by atoms with Crippen LogP contribution in [0, 0.1) is 24.6 Å². The Morgan fingerprint density at radius 1 is 0.949 bits per heavy atom. The molecule has 0 radical (unpaired) electrons. The third-order valence-electron chi connectivity index (χ3n) is 7.17. The SMILES string of the molecule is Cc1c(C#CC(CO[Si](c2ccccc2)(c2ccccc2)C(C)(C)C)OC(C)(C)C)cc(F)c2c1CCCO2. The third-order valence-corrected chi connectivity index (χ3v) is 12.2. The van der Waals surface area contributed by atoms with Crippen molar-refractivity contribution in [1.29, 1.82) is 0 Å². The van der Waals surface area contributed by atoms with Gasteiger partial charge in [0.1, 0.15) is 6.10 Å². The first-order chi connectivity index (χ1) is 18.4. The van der Waals surface area contributed by atoms with Crippen molar-refractivity contribution in [3.8, 4) is 17.6 Å². The van der Waals surface area contributed by atoms with Crippen molar-refractivity contribution in [2.24, 2.45) is 0 Å². The molecule has 0 spiro atoms. The van der Waals surface area contributed by atoms with Gasteiger partial charge in [-0.2, -0.15) is 0 Å². The van der Waals surface area contributed by atoms with Gasteiger partial charge in [0.25, 0.3) is 8.32 Å². The van der Waals surface area contributed by atoms with E-state index in [-0.39, 0.29) is 10.9 Å². The fraction of sp³-hybridized carbons (Fsp3) is 0.412. The zero-order chi connectivity index (χ0) is 28.3. The van der Waals surface area contributed by atoms with Gasteiger partial charge < -0.3 is 13.9 Å². The third kappa shape index (κ3) is 6.46. The van der Waals surface area contributed by atoms with E-state index in [1.165, 1.54) is 16.4 Å². The van der Waals surface area contributed by atoms with E-state index in [1.807, 2.05) is 39.8 Å². The van der Waals surface area contributed by atoms with E-state index < -0.39 is 20.0 Å². The monoisotopic (exact) mass is 544 g/mol. The summed E-state index contributed by atoms with van der Waals surface area (Å²) in [5, 5.41) is 2.26. The van der Waals surface area contributed by atoms with Crippen LogP contribution in [-0.4, -0.2) is 33.2 Å². The number of hydrogen-bond donors (Lipinski definition) is 0. The predicted octanol–water partition coefficient (Wildman–Crippen LogP) is 6.57. The van der Waals surface area contributed by atoms with Gasteiger partial charge in [-0.15, -0.1) is 0 Å². The molecule has 39 heavy (non-hydrogen) atoms. The molecular formula is C34H41FO3Si. The lowest BCUT2D eigenvalue weighted by Crippen LogP contribution is -2.67. The Kier molecular flexibility index (Phi) is 8.71. The van der Waals surface area contributed by atoms with Gasteiger partial charge in [0.15, 0.2) is 11.6 Å². The van der Waals surface area contributed by atoms with Crippen molar-refractivity contribution in [3.05, 3.63) is 89.2 Å². The van der Waals surface area contributed by atoms with Crippen molar-refractivity contribution >= 4 is 18.7 Å². The Balaban J connectivity index is 1.74. The first-order valence-corrected chi connectivity index (χ1v) is 15.7. The highest BCUT2D eigenvalue weighted by Gasteiger charge is 2.50. The molecule has 0 fully saturated rings. The van der Waals surface area contributed by atoms with Crippen LogP contribution < -0.4 is 15.1 Å². The van der Waals surface area contributed by atoms with Gasteiger partial charge in [-0.3, -0.25) is 0 Å². The van der Waals surface area contributed by atoms with Crippen molar-refractivity contribution in [3.63, 3.8) is 0 Å². The fourth-order valence-corrected chi connectivity index (χ4v) is 10.00. The molecule has 3 aromatic rings. The zero-order valence-electron chi connectivity index (χ0n) is 24.4. The first-order valence-electron chi connectivity index (χ1n) is 13.8. The quantitative estimate of drug-likeness (QED) is 0.259. The summed E-state index contributed by atoms with van der Waals surface area (Å²) in [5.41, 5.74) is 2.13. The average molecular weight is 545 g/mol. The summed E-state index contributed by atoms with van der Waals surface area (Å²) in [6, 6.07) is 22.6. The maximum atomic E-state index is 14.9. The van der Waals surface area contributed by atoms with Gasteiger partial charge in [0.05, 0.1) is 18.8 Å². The molecule has 206 valence electrons. The highest BCUT2D eigenvalue weighted by Crippen LogP contribution is 2.37. The van der Waals surface area contributed by atoms with Gasteiger partial charge >= 0.3 is 0 Å². The van der Waals surface area contributed by atoms with Crippen molar-refractivity contribution < 1.29 is 18.3 Å². The summed E-state index contributed by atoms with van der Waals surface area (Å²) in [4.78, 5) is 0. The van der Waals surface area contributed by atoms with Crippen LogP contribution in [0.15, 0.2) is 66.7 Å². The lowest BCUT2D eigenvalue weighted by molar-refractivity contribution is -0.0507. The molecule has 3 aromatic carbocycles. The molecule has 0 N–H and O–H groups in total. The lowest BCUT2D eigenvalue weighted by atomic mass is 9.96. The van der Waals surface area contributed by atoms with Crippen LogP contribution in [0.25, 0.3) is 0 Å². The minimum Gasteiger partial charge on any atom is -0.490 e. The molecule has 1 aliphatic rings. The van der Waals surface area contributed by atoms with Gasteiger partial charge in [0, 0.05) is 11.1 Å². The fourth-order valence-electron chi connectivity index (χ4n) is 5.44. The van der Waals surface area contributed by atoms with Crippen LogP contribution >= 0.6 is 0 Å². The normalized spacial score (nSPS) is 14.6. The predicted molar refractivity (Wildman–Crippen MR) is 160 cm³/mol. The van der Waals surface area contributed by atoms with Crippen LogP contribution in [-0.2, 0) is 15.6 Å². The molecule has 4 rings (SSSR count). The second-order valence-electron chi connectivity index (χ2n) is 12.3. The van der Waals surface area contributed by atoms with E-state index in [9.17, 15) is 4.39 Å². The van der Waals surface area contributed by atoms with Crippen LogP contribution in [0.4, 0.5) is 4.39 Å². The molecule has 0 amide bonds. The summed E-state index contributed by atoms with van der Waals surface area (Å²) < 4.78 is 34.0. The Labute approximate surface area is 234 Å². The Morgan fingerprint density at radius 2 is 1.54 bits per heavy atom. The van der Waals surface area contributed by atoms with Crippen LogP contribution in [0.2, 0.25) is 5.04 Å². The largest absolute Gasteiger partial charge is 0.490 e. The summed E-state index contributed by atoms with van der Waals surface area (Å²) in [7, 11) is -2.76. The lowest BCUT2D eigenvalue weighted by Gasteiger charge is -2.43. The van der Waals surface area contributed by atoms with Gasteiger partial charge in [-0.05, 0) is 67.6 Å². The molecule has 1 aliphatic heterocycles. The van der Waals surface area contributed by atoms with E-state index in [0.717, 1.165) is 24.0 Å². The number of ether oxygens (including phenoxy) is 2. The second kappa shape index (κ2) is 11.7. The van der Waals surface area contributed by atoms with Gasteiger partial charge in [-0.25, -0.2) is 4.39 Å². The van der Waals surface area contributed by atoms with Crippen molar-refractivity contribution in [1.82, 2.24) is 0 Å². The number of benzene rings is 3. The molecule has 0 aliphatic carbocycles. The van der Waals surface area contributed by atoms with Gasteiger partial charge in [0.2, 0.25) is 0 Å². The molecule has 1 atom stereocenters. The van der Waals surface area contributed by atoms with E-state index in [1.54, 1.807) is 0 Å². The van der Waals surface area contributed by atoms with E-state index in [4.69, 9.17) is 13.9 Å². The highest BCUT2D eigenvalue weighted by molar-refractivity contribution is 6.99. The number of halogens is 1. The standard InChI is InChI=1S/C34H41FO3Si/c1-25-26(23-31(35)32-30(25)19-14-22-36-32)20-21-27(38-33(2,3)4)24-37-39(34(5,6)7,28-15-10-8-11-16-28)29-17-12-9-13-18-29/h8-13,15-18,23,27H,14,19,22,24H2,1-7H3. The van der Waals surface area contributed by atoms with Crippen LogP contribution in [0.1, 0.15) is 64.7 Å². The minimum atomic E-state index is -2.76. The molecule has 5 heteroatoms. The zero-order valence-corrected chi connectivity index (χ0v) is 25.4. The Bertz CT molecular complexity index is 1290. The second-order valence-corrected chi connectivity index (χ2v) is 16.6. The summed E-state index contributed by atoms with van der Waals surface area (Å²) in [5.74, 6) is 6.58. The molecule has 0 bridgehead atoms. The first kappa shape index (κ1) is 29.1. The maximum absolute atomic E-state index is 14.9. The molecule has 1 heterocycles. The molecule has 3 nitrogen and oxygen atoms in total. The van der Waals surface area contributed by atoms with Crippen LogP contribution in [0.3, 0.4) is 0 Å². The molecule has 0 saturated carbocycles. The van der Waals surface area contributed by atoms with Gasteiger partial charge in [-0.1, -0.05) is 93.3 Å². The summed E-state index contributed by atoms with van der Waals surface area (Å²) in [6.45, 7) is 15.7. The summed E-state index contributed by atoms with van der Waals surface area (Å²) >= 11 is 0. The average Bonchev–Trinajstić information content (AvgIpc) is 2.89. The molecular weight excluding hydrogens is 503 g/mol. The van der Waals surface area contributed by atoms with E-state index >= 15 is 0 Å². The Morgan fingerprint density at radius 3 is 2.08 bits per heavy atom. The van der Waals surface area contributed by atoms with Crippen LogP contribution in [0.5, 0.6) is 5.75 Å². The smallest absolute Gasteiger partial charge is 0.261 e. The summed E-state index contributed by atoms with van der Waals surface area (Å²) in [6.07, 6.45) is 1.18. The minimum absolute atomic E-state index is 0.159. The van der Waals surface area contributed by atoms with Crippen molar-refractivity contribution in [2.45, 2.75) is 78.1 Å². The molecule has 0 aromatic heterocycles. The molecule has 1 unspecified atom stereocenters. The van der Waals surface area contributed by atoms with E-state index in [2.05, 4.69) is 81.1 Å². The Hall–Kier alpha value is -2.91. The number of fused-ring (bicyclic) bond motifs is 1. The topological polar surface area (TPSA) is 27.7 Å². The maximum Gasteiger partial charge on any atom is 0.261 e. The number of rotatable bonds is 6. The molecule has 0 saturated heterocycles. The highest BCUT2D eigenvalue weighted by atomic mass is 28.4.